The summed E-state index contributed by atoms with van der Waals surface area (Å²) in [5, 5.41) is 3.45. The Morgan fingerprint density at radius 2 is 2.00 bits per heavy atom. The summed E-state index contributed by atoms with van der Waals surface area (Å²) in [5.74, 6) is -0.113. The number of hydrogen-bond donors (Lipinski definition) is 2. The number of hydrogen-bond acceptors (Lipinski definition) is 2. The maximum Gasteiger partial charge on any atom is 0.244 e. The molecule has 1 fully saturated rings. The fourth-order valence-corrected chi connectivity index (χ4v) is 2.71. The molecule has 0 heterocycles. The first-order valence-electron chi connectivity index (χ1n) is 6.38. The molecule has 18 heavy (non-hydrogen) atoms. The van der Waals surface area contributed by atoms with Crippen molar-refractivity contribution in [3.63, 3.8) is 0 Å². The van der Waals surface area contributed by atoms with Gasteiger partial charge in [-0.2, -0.15) is 0 Å². The molecule has 3 nitrogen and oxygen atoms in total. The number of nitrogens with one attached hydrogen (secondary N) is 1. The van der Waals surface area contributed by atoms with Crippen molar-refractivity contribution in [3.8, 4) is 0 Å². The number of rotatable bonds is 2. The molecule has 0 unspecified atom stereocenters. The molecule has 0 aromatic heterocycles. The van der Waals surface area contributed by atoms with E-state index in [2.05, 4.69) is 5.32 Å². The summed E-state index contributed by atoms with van der Waals surface area (Å²) in [4.78, 5) is 12.3. The zero-order valence-electron chi connectivity index (χ0n) is 10.6. The minimum atomic E-state index is -0.732. The van der Waals surface area contributed by atoms with Crippen molar-refractivity contribution in [1.29, 1.82) is 0 Å². The molecule has 0 radical (unpaired) electrons. The average molecular weight is 267 g/mol. The Morgan fingerprint density at radius 1 is 1.33 bits per heavy atom. The highest BCUT2D eigenvalue weighted by Crippen LogP contribution is 2.30. The number of anilines is 1. The highest BCUT2D eigenvalue weighted by atomic mass is 35.5. The van der Waals surface area contributed by atoms with Gasteiger partial charge < -0.3 is 11.1 Å². The van der Waals surface area contributed by atoms with Crippen LogP contribution < -0.4 is 11.1 Å². The molecule has 0 atom stereocenters. The first kappa shape index (κ1) is 13.4. The van der Waals surface area contributed by atoms with Crippen LogP contribution in [0.2, 0.25) is 5.02 Å². The smallest absolute Gasteiger partial charge is 0.244 e. The summed E-state index contributed by atoms with van der Waals surface area (Å²) < 4.78 is 0. The fourth-order valence-electron chi connectivity index (χ4n) is 2.44. The van der Waals surface area contributed by atoms with E-state index >= 15 is 0 Å². The van der Waals surface area contributed by atoms with Crippen LogP contribution >= 0.6 is 11.6 Å². The minimum Gasteiger partial charge on any atom is -0.323 e. The monoisotopic (exact) mass is 266 g/mol. The molecule has 1 amide bonds. The Morgan fingerprint density at radius 3 is 2.61 bits per heavy atom. The number of halogens is 1. The zero-order chi connectivity index (χ0) is 13.2. The SMILES string of the molecule is Cc1cccc(Cl)c1NC(=O)C1(N)CCCCC1. The Balaban J connectivity index is 2.16. The normalized spacial score (nSPS) is 18.4. The van der Waals surface area contributed by atoms with Gasteiger partial charge in [0.25, 0.3) is 0 Å². The van der Waals surface area contributed by atoms with Crippen molar-refractivity contribution in [3.05, 3.63) is 28.8 Å². The molecule has 0 bridgehead atoms. The van der Waals surface area contributed by atoms with E-state index in [4.69, 9.17) is 17.3 Å². The second-order valence-corrected chi connectivity index (χ2v) is 5.51. The van der Waals surface area contributed by atoms with Crippen LogP contribution in [0.25, 0.3) is 0 Å². The van der Waals surface area contributed by atoms with Crippen LogP contribution in [0.15, 0.2) is 18.2 Å². The predicted octanol–water partition coefficient (Wildman–Crippen LogP) is 3.25. The molecular weight excluding hydrogens is 248 g/mol. The van der Waals surface area contributed by atoms with Crippen LogP contribution in [0, 0.1) is 6.92 Å². The van der Waals surface area contributed by atoms with Gasteiger partial charge in [0, 0.05) is 0 Å². The molecule has 0 saturated heterocycles. The standard InChI is InChI=1S/C14H19ClN2O/c1-10-6-5-7-11(15)12(10)17-13(18)14(16)8-3-2-4-9-14/h5-7H,2-4,8-9,16H2,1H3,(H,17,18). The van der Waals surface area contributed by atoms with Gasteiger partial charge in [-0.3, -0.25) is 4.79 Å². The lowest BCUT2D eigenvalue weighted by Gasteiger charge is -2.32. The van der Waals surface area contributed by atoms with Gasteiger partial charge in [0.05, 0.1) is 16.2 Å². The van der Waals surface area contributed by atoms with Crippen molar-refractivity contribution < 1.29 is 4.79 Å². The van der Waals surface area contributed by atoms with E-state index < -0.39 is 5.54 Å². The summed E-state index contributed by atoms with van der Waals surface area (Å²) in [7, 11) is 0. The lowest BCUT2D eigenvalue weighted by molar-refractivity contribution is -0.122. The van der Waals surface area contributed by atoms with Crippen LogP contribution in [0.4, 0.5) is 5.69 Å². The third-order valence-corrected chi connectivity index (χ3v) is 3.97. The van der Waals surface area contributed by atoms with Gasteiger partial charge in [-0.1, -0.05) is 43.0 Å². The summed E-state index contributed by atoms with van der Waals surface area (Å²) in [6.45, 7) is 1.92. The van der Waals surface area contributed by atoms with Gasteiger partial charge in [0.15, 0.2) is 0 Å². The van der Waals surface area contributed by atoms with E-state index in [-0.39, 0.29) is 5.91 Å². The lowest BCUT2D eigenvalue weighted by atomic mass is 9.82. The number of benzene rings is 1. The van der Waals surface area contributed by atoms with E-state index in [1.807, 2.05) is 19.1 Å². The number of amides is 1. The Kier molecular flexibility index (Phi) is 3.93. The molecule has 4 heteroatoms. The first-order chi connectivity index (χ1) is 8.53. The van der Waals surface area contributed by atoms with Crippen LogP contribution in [0.5, 0.6) is 0 Å². The van der Waals surface area contributed by atoms with Gasteiger partial charge in [0.1, 0.15) is 0 Å². The summed E-state index contributed by atoms with van der Waals surface area (Å²) in [5.41, 5.74) is 7.10. The van der Waals surface area contributed by atoms with E-state index in [1.54, 1.807) is 6.07 Å². The number of para-hydroxylation sites is 1. The molecule has 98 valence electrons. The van der Waals surface area contributed by atoms with Crippen molar-refractivity contribution in [2.75, 3.05) is 5.32 Å². The lowest BCUT2D eigenvalue weighted by Crippen LogP contribution is -2.52. The largest absolute Gasteiger partial charge is 0.323 e. The van der Waals surface area contributed by atoms with Crippen molar-refractivity contribution in [2.24, 2.45) is 5.73 Å². The summed E-state index contributed by atoms with van der Waals surface area (Å²) in [6, 6.07) is 5.56. The van der Waals surface area contributed by atoms with Gasteiger partial charge in [0.2, 0.25) is 5.91 Å². The Labute approximate surface area is 113 Å². The maximum atomic E-state index is 12.3. The highest BCUT2D eigenvalue weighted by molar-refractivity contribution is 6.34. The molecule has 0 spiro atoms. The second kappa shape index (κ2) is 5.29. The summed E-state index contributed by atoms with van der Waals surface area (Å²) in [6.07, 6.45) is 4.71. The average Bonchev–Trinajstić information content (AvgIpc) is 2.34. The van der Waals surface area contributed by atoms with Gasteiger partial charge in [-0.05, 0) is 31.4 Å². The van der Waals surface area contributed by atoms with Crippen molar-refractivity contribution >= 4 is 23.2 Å². The fraction of sp³-hybridized carbons (Fsp3) is 0.500. The Bertz CT molecular complexity index is 433. The predicted molar refractivity (Wildman–Crippen MR) is 74.8 cm³/mol. The molecule has 1 aliphatic carbocycles. The van der Waals surface area contributed by atoms with Gasteiger partial charge in [-0.25, -0.2) is 0 Å². The van der Waals surface area contributed by atoms with E-state index in [0.717, 1.165) is 37.7 Å². The van der Waals surface area contributed by atoms with Gasteiger partial charge in [-0.15, -0.1) is 0 Å². The van der Waals surface area contributed by atoms with E-state index in [1.165, 1.54) is 0 Å². The maximum absolute atomic E-state index is 12.3. The first-order valence-corrected chi connectivity index (χ1v) is 6.76. The highest BCUT2D eigenvalue weighted by Gasteiger charge is 2.35. The third-order valence-electron chi connectivity index (χ3n) is 3.66. The number of aryl methyl sites for hydroxylation is 1. The van der Waals surface area contributed by atoms with Crippen LogP contribution in [0.3, 0.4) is 0 Å². The molecular formula is C14H19ClN2O. The summed E-state index contributed by atoms with van der Waals surface area (Å²) >= 11 is 6.10. The molecule has 1 aromatic rings. The number of nitrogens with two attached hydrogens (primary N) is 1. The zero-order valence-corrected chi connectivity index (χ0v) is 11.4. The molecule has 0 aliphatic heterocycles. The van der Waals surface area contributed by atoms with E-state index in [9.17, 15) is 4.79 Å². The van der Waals surface area contributed by atoms with Gasteiger partial charge >= 0.3 is 0 Å². The second-order valence-electron chi connectivity index (χ2n) is 5.10. The van der Waals surface area contributed by atoms with Crippen LogP contribution in [-0.2, 0) is 4.79 Å². The molecule has 1 saturated carbocycles. The topological polar surface area (TPSA) is 55.1 Å². The third kappa shape index (κ3) is 2.68. The quantitative estimate of drug-likeness (QED) is 0.863. The van der Waals surface area contributed by atoms with Crippen molar-refractivity contribution in [2.45, 2.75) is 44.6 Å². The van der Waals surface area contributed by atoms with Crippen molar-refractivity contribution in [1.82, 2.24) is 0 Å². The van der Waals surface area contributed by atoms with E-state index in [0.29, 0.717) is 10.7 Å². The molecule has 3 N–H and O–H groups in total. The molecule has 2 rings (SSSR count). The number of carbonyl (C=O) groups is 1. The minimum absolute atomic E-state index is 0.113. The molecule has 1 aromatic carbocycles. The number of carbonyl (C=O) groups excluding carboxylic acids is 1. The van der Waals surface area contributed by atoms with Crippen LogP contribution in [-0.4, -0.2) is 11.4 Å². The Hall–Kier alpha value is -1.06. The van der Waals surface area contributed by atoms with Crippen LogP contribution in [0.1, 0.15) is 37.7 Å². The molecule has 1 aliphatic rings.